The third kappa shape index (κ3) is 4.83. The normalized spacial score (nSPS) is 15.3. The molecule has 1 saturated heterocycles. The van der Waals surface area contributed by atoms with Crippen LogP contribution in [0.2, 0.25) is 0 Å². The first-order chi connectivity index (χ1) is 8.65. The smallest absolute Gasteiger partial charge is 0.229 e. The second-order valence-corrected chi connectivity index (χ2v) is 4.29. The maximum Gasteiger partial charge on any atom is 0.229 e. The molecule has 1 rings (SSSR count). The fourth-order valence-corrected chi connectivity index (χ4v) is 1.77. The zero-order valence-corrected chi connectivity index (χ0v) is 10.8. The molecule has 0 aromatic carbocycles. The average molecular weight is 255 g/mol. The van der Waals surface area contributed by atoms with Gasteiger partial charge in [0.25, 0.3) is 0 Å². The van der Waals surface area contributed by atoms with Gasteiger partial charge in [-0.15, -0.1) is 0 Å². The van der Waals surface area contributed by atoms with Gasteiger partial charge in [0.2, 0.25) is 17.7 Å². The number of imide groups is 1. The van der Waals surface area contributed by atoms with Crippen LogP contribution < -0.4 is 10.6 Å². The largest absolute Gasteiger partial charge is 0.355 e. The topological polar surface area (TPSA) is 78.5 Å². The minimum absolute atomic E-state index is 0.124. The van der Waals surface area contributed by atoms with Crippen LogP contribution in [-0.2, 0) is 14.4 Å². The lowest BCUT2D eigenvalue weighted by atomic mass is 10.3. The molecule has 18 heavy (non-hydrogen) atoms. The quantitative estimate of drug-likeness (QED) is 0.459. The summed E-state index contributed by atoms with van der Waals surface area (Å²) in [7, 11) is 0. The van der Waals surface area contributed by atoms with Crippen molar-refractivity contribution < 1.29 is 14.4 Å². The van der Waals surface area contributed by atoms with E-state index < -0.39 is 0 Å². The monoisotopic (exact) mass is 255 g/mol. The van der Waals surface area contributed by atoms with Crippen molar-refractivity contribution in [3.8, 4) is 0 Å². The third-order valence-corrected chi connectivity index (χ3v) is 2.77. The van der Waals surface area contributed by atoms with E-state index in [4.69, 9.17) is 0 Å². The maximum absolute atomic E-state index is 11.5. The molecule has 0 unspecified atom stereocenters. The molecule has 1 aliphatic rings. The molecule has 0 aromatic heterocycles. The van der Waals surface area contributed by atoms with Gasteiger partial charge in [-0.2, -0.15) is 0 Å². The van der Waals surface area contributed by atoms with Gasteiger partial charge in [-0.05, 0) is 13.0 Å². The zero-order chi connectivity index (χ0) is 13.4. The molecule has 0 atom stereocenters. The molecule has 2 N–H and O–H groups in total. The van der Waals surface area contributed by atoms with Crippen molar-refractivity contribution in [1.29, 1.82) is 0 Å². The molecule has 6 heteroatoms. The molecule has 0 aromatic rings. The van der Waals surface area contributed by atoms with Gasteiger partial charge in [0, 0.05) is 38.9 Å². The Hall–Kier alpha value is -1.43. The highest BCUT2D eigenvalue weighted by molar-refractivity contribution is 6.02. The summed E-state index contributed by atoms with van der Waals surface area (Å²) in [6.45, 7) is 4.52. The van der Waals surface area contributed by atoms with Crippen molar-refractivity contribution >= 4 is 17.7 Å². The fraction of sp³-hybridized carbons (Fsp3) is 0.750. The van der Waals surface area contributed by atoms with Gasteiger partial charge < -0.3 is 10.6 Å². The van der Waals surface area contributed by atoms with E-state index in [9.17, 15) is 14.4 Å². The zero-order valence-electron chi connectivity index (χ0n) is 10.8. The van der Waals surface area contributed by atoms with Gasteiger partial charge in [-0.25, -0.2) is 0 Å². The lowest BCUT2D eigenvalue weighted by molar-refractivity contribution is -0.138. The predicted octanol–water partition coefficient (Wildman–Crippen LogP) is -0.359. The minimum atomic E-state index is -0.169. The van der Waals surface area contributed by atoms with Crippen LogP contribution in [0.25, 0.3) is 0 Å². The van der Waals surface area contributed by atoms with Crippen molar-refractivity contribution in [2.24, 2.45) is 0 Å². The molecule has 1 aliphatic heterocycles. The lowest BCUT2D eigenvalue weighted by Crippen LogP contribution is -2.36. The van der Waals surface area contributed by atoms with Crippen LogP contribution in [0.15, 0.2) is 0 Å². The van der Waals surface area contributed by atoms with Gasteiger partial charge in [0.1, 0.15) is 0 Å². The molecule has 0 bridgehead atoms. The maximum atomic E-state index is 11.5. The summed E-state index contributed by atoms with van der Waals surface area (Å²) in [6, 6.07) is 0. The van der Waals surface area contributed by atoms with Gasteiger partial charge in [0.15, 0.2) is 0 Å². The van der Waals surface area contributed by atoms with Crippen molar-refractivity contribution in [3.05, 3.63) is 0 Å². The summed E-state index contributed by atoms with van der Waals surface area (Å²) in [6.07, 6.45) is 1.81. The molecule has 0 radical (unpaired) electrons. The number of nitrogens with one attached hydrogen (secondary N) is 2. The summed E-state index contributed by atoms with van der Waals surface area (Å²) < 4.78 is 0. The number of rotatable bonds is 8. The van der Waals surface area contributed by atoms with Crippen LogP contribution in [0.5, 0.6) is 0 Å². The second kappa shape index (κ2) is 7.81. The van der Waals surface area contributed by atoms with E-state index in [0.29, 0.717) is 6.54 Å². The summed E-state index contributed by atoms with van der Waals surface area (Å²) >= 11 is 0. The van der Waals surface area contributed by atoms with Crippen molar-refractivity contribution in [2.75, 3.05) is 26.2 Å². The van der Waals surface area contributed by atoms with E-state index in [-0.39, 0.29) is 43.5 Å². The minimum Gasteiger partial charge on any atom is -0.355 e. The molecule has 6 nitrogen and oxygen atoms in total. The average Bonchev–Trinajstić information content (AvgIpc) is 2.66. The van der Waals surface area contributed by atoms with Gasteiger partial charge in [0.05, 0.1) is 0 Å². The van der Waals surface area contributed by atoms with E-state index >= 15 is 0 Å². The Bertz CT molecular complexity index is 302. The van der Waals surface area contributed by atoms with Crippen molar-refractivity contribution in [3.63, 3.8) is 0 Å². The molecular formula is C12H21N3O3. The number of hydrogen-bond donors (Lipinski definition) is 2. The molecule has 1 heterocycles. The Morgan fingerprint density at radius 2 is 1.83 bits per heavy atom. The summed E-state index contributed by atoms with van der Waals surface area (Å²) in [5.41, 5.74) is 0. The molecule has 0 saturated carbocycles. The summed E-state index contributed by atoms with van der Waals surface area (Å²) in [5, 5.41) is 5.91. The lowest BCUT2D eigenvalue weighted by Gasteiger charge is -2.13. The fourth-order valence-electron chi connectivity index (χ4n) is 1.77. The number of carbonyl (C=O) groups is 3. The first-order valence-corrected chi connectivity index (χ1v) is 6.45. The number of nitrogens with zero attached hydrogens (tertiary/aromatic N) is 1. The molecule has 0 spiro atoms. The summed E-state index contributed by atoms with van der Waals surface area (Å²) in [5.74, 6) is -0.462. The van der Waals surface area contributed by atoms with E-state index in [1.165, 1.54) is 4.90 Å². The van der Waals surface area contributed by atoms with Crippen LogP contribution >= 0.6 is 0 Å². The highest BCUT2D eigenvalue weighted by Crippen LogP contribution is 2.11. The molecule has 0 aliphatic carbocycles. The Labute approximate surface area is 107 Å². The van der Waals surface area contributed by atoms with Gasteiger partial charge in [-0.1, -0.05) is 6.92 Å². The van der Waals surface area contributed by atoms with E-state index in [1.54, 1.807) is 0 Å². The van der Waals surface area contributed by atoms with E-state index in [2.05, 4.69) is 17.6 Å². The number of hydrogen-bond acceptors (Lipinski definition) is 4. The van der Waals surface area contributed by atoms with Crippen LogP contribution in [0, 0.1) is 0 Å². The third-order valence-electron chi connectivity index (χ3n) is 2.77. The highest BCUT2D eigenvalue weighted by Gasteiger charge is 2.28. The number of likely N-dealkylation sites (tertiary alicyclic amines) is 1. The molecule has 1 fully saturated rings. The number of carbonyl (C=O) groups excluding carboxylic acids is 3. The highest BCUT2D eigenvalue weighted by atomic mass is 16.2. The predicted molar refractivity (Wildman–Crippen MR) is 66.7 cm³/mol. The van der Waals surface area contributed by atoms with Gasteiger partial charge in [-0.3, -0.25) is 19.3 Å². The Morgan fingerprint density at radius 3 is 2.44 bits per heavy atom. The van der Waals surface area contributed by atoms with E-state index in [1.807, 2.05) is 0 Å². The van der Waals surface area contributed by atoms with Crippen LogP contribution in [-0.4, -0.2) is 48.8 Å². The first kappa shape index (κ1) is 14.6. The SMILES string of the molecule is CCCNCCNC(=O)CCN1C(=O)CCC1=O. The van der Waals surface area contributed by atoms with Crippen LogP contribution in [0.1, 0.15) is 32.6 Å². The number of amides is 3. The van der Waals surface area contributed by atoms with Gasteiger partial charge >= 0.3 is 0 Å². The second-order valence-electron chi connectivity index (χ2n) is 4.29. The van der Waals surface area contributed by atoms with Crippen LogP contribution in [0.4, 0.5) is 0 Å². The Balaban J connectivity index is 2.09. The Kier molecular flexibility index (Phi) is 6.35. The van der Waals surface area contributed by atoms with Crippen molar-refractivity contribution in [2.45, 2.75) is 32.6 Å². The molecular weight excluding hydrogens is 234 g/mol. The molecule has 3 amide bonds. The van der Waals surface area contributed by atoms with Crippen LogP contribution in [0.3, 0.4) is 0 Å². The first-order valence-electron chi connectivity index (χ1n) is 6.45. The van der Waals surface area contributed by atoms with E-state index in [0.717, 1.165) is 19.5 Å². The molecule has 102 valence electrons. The standard InChI is InChI=1S/C12H21N3O3/c1-2-6-13-7-8-14-10(16)5-9-15-11(17)3-4-12(15)18/h13H,2-9H2,1H3,(H,14,16). The summed E-state index contributed by atoms with van der Waals surface area (Å²) in [4.78, 5) is 35.2. The van der Waals surface area contributed by atoms with Crippen molar-refractivity contribution in [1.82, 2.24) is 15.5 Å². The Morgan fingerprint density at radius 1 is 1.17 bits per heavy atom.